The smallest absolute Gasteiger partial charge is 0.237 e. The van der Waals surface area contributed by atoms with E-state index < -0.39 is 17.8 Å². The molecule has 2 aromatic rings. The van der Waals surface area contributed by atoms with E-state index in [0.717, 1.165) is 31.2 Å². The van der Waals surface area contributed by atoms with Crippen molar-refractivity contribution in [3.63, 3.8) is 0 Å². The zero-order valence-corrected chi connectivity index (χ0v) is 23.6. The van der Waals surface area contributed by atoms with Crippen molar-refractivity contribution in [1.29, 1.82) is 0 Å². The van der Waals surface area contributed by atoms with E-state index in [1.807, 2.05) is 13.0 Å². The summed E-state index contributed by atoms with van der Waals surface area (Å²) >= 11 is 12.3. The van der Waals surface area contributed by atoms with E-state index in [4.69, 9.17) is 23.2 Å². The molecule has 37 heavy (non-hydrogen) atoms. The van der Waals surface area contributed by atoms with Gasteiger partial charge in [-0.15, -0.1) is 0 Å². The molecule has 5 nitrogen and oxygen atoms in total. The molecule has 0 heterocycles. The molecular formula is C29H38Cl2FN3O2. The maximum absolute atomic E-state index is 15.1. The molecule has 0 saturated heterocycles. The topological polar surface area (TPSA) is 70.2 Å². The van der Waals surface area contributed by atoms with Crippen molar-refractivity contribution in [1.82, 2.24) is 10.6 Å². The number of carbonyl (C=O) groups is 2. The Labute approximate surface area is 229 Å². The number of carbonyl (C=O) groups excluding carboxylic acids is 2. The largest absolute Gasteiger partial charge is 0.352 e. The second kappa shape index (κ2) is 13.1. The highest BCUT2D eigenvalue weighted by molar-refractivity contribution is 6.31. The average molecular weight is 551 g/mol. The minimum atomic E-state index is -0.748. The zero-order chi connectivity index (χ0) is 27.2. The third kappa shape index (κ3) is 8.17. The van der Waals surface area contributed by atoms with E-state index in [2.05, 4.69) is 36.7 Å². The number of hydrogen-bond donors (Lipinski definition) is 3. The lowest BCUT2D eigenvalue weighted by molar-refractivity contribution is -0.125. The van der Waals surface area contributed by atoms with Gasteiger partial charge in [0.15, 0.2) is 0 Å². The first kappa shape index (κ1) is 29.4. The Hall–Kier alpha value is -2.15. The van der Waals surface area contributed by atoms with Crippen molar-refractivity contribution in [3.05, 3.63) is 63.4 Å². The van der Waals surface area contributed by atoms with Crippen LogP contribution in [0.15, 0.2) is 36.4 Å². The Bertz CT molecular complexity index is 1080. The van der Waals surface area contributed by atoms with Gasteiger partial charge in [-0.25, -0.2) is 4.39 Å². The molecule has 202 valence electrons. The van der Waals surface area contributed by atoms with Gasteiger partial charge in [0, 0.05) is 28.7 Å². The Morgan fingerprint density at radius 3 is 2.46 bits per heavy atom. The number of amides is 2. The van der Waals surface area contributed by atoms with E-state index in [0.29, 0.717) is 29.1 Å². The molecule has 2 aromatic carbocycles. The molecule has 1 fully saturated rings. The monoisotopic (exact) mass is 549 g/mol. The second-order valence-corrected chi connectivity index (χ2v) is 12.1. The second-order valence-electron chi connectivity index (χ2n) is 11.2. The van der Waals surface area contributed by atoms with Crippen LogP contribution in [-0.2, 0) is 9.59 Å². The molecule has 1 aliphatic carbocycles. The summed E-state index contributed by atoms with van der Waals surface area (Å²) in [5.41, 5.74) is 1.63. The molecular weight excluding hydrogens is 512 g/mol. The average Bonchev–Trinajstić information content (AvgIpc) is 2.83. The molecule has 0 aromatic heterocycles. The predicted molar refractivity (Wildman–Crippen MR) is 150 cm³/mol. The molecule has 1 saturated carbocycles. The van der Waals surface area contributed by atoms with Gasteiger partial charge in [0.25, 0.3) is 0 Å². The third-order valence-corrected chi connectivity index (χ3v) is 7.54. The molecule has 8 heteroatoms. The minimum absolute atomic E-state index is 0.0252. The normalized spacial score (nSPS) is 17.1. The van der Waals surface area contributed by atoms with Crippen LogP contribution >= 0.6 is 23.2 Å². The molecule has 0 radical (unpaired) electrons. The summed E-state index contributed by atoms with van der Waals surface area (Å²) in [5.74, 6) is -1.20. The summed E-state index contributed by atoms with van der Waals surface area (Å²) in [6.45, 7) is 8.18. The van der Waals surface area contributed by atoms with Crippen LogP contribution in [0.5, 0.6) is 0 Å². The van der Waals surface area contributed by atoms with Crippen molar-refractivity contribution in [2.24, 2.45) is 5.41 Å². The fourth-order valence-electron chi connectivity index (χ4n) is 5.15. The summed E-state index contributed by atoms with van der Waals surface area (Å²) in [7, 11) is 0. The molecule has 0 bridgehead atoms. The Morgan fingerprint density at radius 2 is 1.81 bits per heavy atom. The molecule has 3 unspecified atom stereocenters. The first-order valence-corrected chi connectivity index (χ1v) is 13.8. The Morgan fingerprint density at radius 1 is 1.11 bits per heavy atom. The highest BCUT2D eigenvalue weighted by Gasteiger charge is 2.34. The van der Waals surface area contributed by atoms with Gasteiger partial charge in [0.1, 0.15) is 5.82 Å². The van der Waals surface area contributed by atoms with Crippen LogP contribution < -0.4 is 16.0 Å². The lowest BCUT2D eigenvalue weighted by Crippen LogP contribution is -2.52. The zero-order valence-electron chi connectivity index (χ0n) is 22.0. The summed E-state index contributed by atoms with van der Waals surface area (Å²) in [4.78, 5) is 25.2. The summed E-state index contributed by atoms with van der Waals surface area (Å²) in [6.07, 6.45) is 6.48. The molecule has 2 amide bonds. The van der Waals surface area contributed by atoms with Gasteiger partial charge >= 0.3 is 0 Å². The van der Waals surface area contributed by atoms with E-state index in [-0.39, 0.29) is 28.4 Å². The molecule has 0 spiro atoms. The lowest BCUT2D eigenvalue weighted by Gasteiger charge is -2.35. The van der Waals surface area contributed by atoms with Crippen LogP contribution in [0.25, 0.3) is 0 Å². The highest BCUT2D eigenvalue weighted by atomic mass is 35.5. The maximum atomic E-state index is 15.1. The summed E-state index contributed by atoms with van der Waals surface area (Å²) < 4.78 is 15.1. The van der Waals surface area contributed by atoms with Crippen molar-refractivity contribution in [2.45, 2.75) is 90.3 Å². The van der Waals surface area contributed by atoms with Gasteiger partial charge in [0.2, 0.25) is 12.3 Å². The molecule has 1 aliphatic rings. The van der Waals surface area contributed by atoms with E-state index >= 15 is 4.39 Å². The van der Waals surface area contributed by atoms with Crippen molar-refractivity contribution >= 4 is 41.2 Å². The van der Waals surface area contributed by atoms with Gasteiger partial charge in [-0.3, -0.25) is 14.9 Å². The van der Waals surface area contributed by atoms with Crippen LogP contribution in [-0.4, -0.2) is 24.4 Å². The third-order valence-electron chi connectivity index (χ3n) is 7.01. The minimum Gasteiger partial charge on any atom is -0.352 e. The fraction of sp³-hybridized carbons (Fsp3) is 0.517. The summed E-state index contributed by atoms with van der Waals surface area (Å²) in [5, 5.41) is 10.0. The Balaban J connectivity index is 2.03. The van der Waals surface area contributed by atoms with Gasteiger partial charge in [-0.1, -0.05) is 88.4 Å². The molecule has 3 N–H and O–H groups in total. The number of anilines is 1. The number of benzene rings is 2. The lowest BCUT2D eigenvalue weighted by atomic mass is 9.83. The van der Waals surface area contributed by atoms with Gasteiger partial charge in [-0.05, 0) is 54.0 Å². The van der Waals surface area contributed by atoms with E-state index in [1.165, 1.54) is 12.5 Å². The summed E-state index contributed by atoms with van der Waals surface area (Å²) in [6, 6.07) is 9.23. The predicted octanol–water partition coefficient (Wildman–Crippen LogP) is 7.39. The first-order valence-electron chi connectivity index (χ1n) is 13.0. The van der Waals surface area contributed by atoms with Crippen LogP contribution in [0, 0.1) is 11.2 Å². The van der Waals surface area contributed by atoms with Crippen LogP contribution in [0.3, 0.4) is 0 Å². The number of halogens is 3. The quantitative estimate of drug-likeness (QED) is 0.270. The number of hydrogen-bond acceptors (Lipinski definition) is 3. The van der Waals surface area contributed by atoms with Crippen molar-refractivity contribution in [2.75, 3.05) is 5.32 Å². The molecule has 0 aliphatic heterocycles. The van der Waals surface area contributed by atoms with Crippen LogP contribution in [0.2, 0.25) is 10.0 Å². The Kier molecular flexibility index (Phi) is 10.4. The van der Waals surface area contributed by atoms with Gasteiger partial charge < -0.3 is 10.6 Å². The van der Waals surface area contributed by atoms with Gasteiger partial charge in [0.05, 0.1) is 11.1 Å². The van der Waals surface area contributed by atoms with Crippen molar-refractivity contribution in [3.8, 4) is 0 Å². The number of rotatable bonds is 10. The van der Waals surface area contributed by atoms with Gasteiger partial charge in [-0.2, -0.15) is 0 Å². The van der Waals surface area contributed by atoms with Crippen LogP contribution in [0.1, 0.15) is 89.3 Å². The standard InChI is InChI=1S/C29H38Cl2FN3O2/c1-18(21-11-8-12-23(31)26(21)32)27(28(37)34-20-9-6-5-7-10-20)35-25(16-29(2,3)4)22-14-13-19(30)15-24(22)33-17-36/h8,11-15,17-18,20,25,27,35H,5-7,9-10,16H2,1-4H3,(H,33,36)(H,34,37). The number of nitrogens with one attached hydrogen (secondary N) is 3. The van der Waals surface area contributed by atoms with Crippen molar-refractivity contribution < 1.29 is 14.0 Å². The van der Waals surface area contributed by atoms with Crippen LogP contribution in [0.4, 0.5) is 10.1 Å². The fourth-order valence-corrected chi connectivity index (χ4v) is 5.50. The maximum Gasteiger partial charge on any atom is 0.237 e. The molecule has 3 rings (SSSR count). The SMILES string of the molecule is CC(c1cccc(Cl)c1F)C(NC(CC(C)(C)C)c1ccc(Cl)cc1NC=O)C(=O)NC1CCCCC1. The first-order chi connectivity index (χ1) is 17.5. The van der Waals surface area contributed by atoms with E-state index in [1.54, 1.807) is 24.3 Å². The highest BCUT2D eigenvalue weighted by Crippen LogP contribution is 2.36. The van der Waals surface area contributed by atoms with E-state index in [9.17, 15) is 9.59 Å². The molecule has 3 atom stereocenters.